The number of pyridine rings is 1. The van der Waals surface area contributed by atoms with Crippen LogP contribution in [0.25, 0.3) is 21.8 Å². The number of aryl methyl sites for hydroxylation is 1. The molecule has 3 rings (SSSR count). The summed E-state index contributed by atoms with van der Waals surface area (Å²) in [6.45, 7) is 0.296. The number of aromatic nitrogens is 1. The van der Waals surface area contributed by atoms with E-state index in [-0.39, 0.29) is 17.7 Å². The fraction of sp³-hybridized carbons (Fsp3) is 0.222. The van der Waals surface area contributed by atoms with Crippen LogP contribution in [0.5, 0.6) is 5.75 Å². The number of rotatable bonds is 6. The molecule has 2 aromatic carbocycles. The number of nitrogens with zero attached hydrogens (tertiary/aromatic N) is 1. The number of fused-ring (bicyclic) bond motifs is 2. The minimum atomic E-state index is -4.07. The van der Waals surface area contributed by atoms with E-state index in [1.807, 2.05) is 4.57 Å². The molecule has 8 heteroatoms. The van der Waals surface area contributed by atoms with Crippen LogP contribution in [0.1, 0.15) is 16.8 Å². The summed E-state index contributed by atoms with van der Waals surface area (Å²) in [7, 11) is -2.55. The fourth-order valence-electron chi connectivity index (χ4n) is 3.14. The second-order valence-electron chi connectivity index (χ2n) is 5.87. The van der Waals surface area contributed by atoms with Gasteiger partial charge < -0.3 is 9.84 Å². The van der Waals surface area contributed by atoms with E-state index in [1.54, 1.807) is 42.5 Å². The maximum absolute atomic E-state index is 11.9. The third kappa shape index (κ3) is 3.47. The largest absolute Gasteiger partial charge is 0.497 e. The molecule has 0 unspecified atom stereocenters. The minimum Gasteiger partial charge on any atom is -0.497 e. The molecule has 0 bridgehead atoms. The standard InChI is InChI=1S/C18H17NO6S/c1-25-12-7-8-14-16(11-12)19(9-4-10-26(22,23)24)15-6-3-2-5-13(15)17(14)18(20)21/h2-3,5-8,11H,4,9-10H2,1H3,(H-,20,21,22,23,24)/p+1. The van der Waals surface area contributed by atoms with Gasteiger partial charge in [0.1, 0.15) is 5.75 Å². The molecule has 1 heterocycles. The molecule has 7 nitrogen and oxygen atoms in total. The van der Waals surface area contributed by atoms with Crippen molar-refractivity contribution in [3.63, 3.8) is 0 Å². The first-order valence-electron chi connectivity index (χ1n) is 7.92. The van der Waals surface area contributed by atoms with Crippen molar-refractivity contribution in [1.29, 1.82) is 0 Å². The lowest BCUT2D eigenvalue weighted by Gasteiger charge is -2.10. The van der Waals surface area contributed by atoms with Crippen LogP contribution in [0, 0.1) is 0 Å². The number of carboxylic acids is 1. The van der Waals surface area contributed by atoms with Gasteiger partial charge in [-0.25, -0.2) is 4.79 Å². The number of hydrogen-bond donors (Lipinski definition) is 2. The molecule has 1 aromatic heterocycles. The fourth-order valence-corrected chi connectivity index (χ4v) is 3.64. The first kappa shape index (κ1) is 18.1. The van der Waals surface area contributed by atoms with Crippen molar-refractivity contribution >= 4 is 37.9 Å². The summed E-state index contributed by atoms with van der Waals surface area (Å²) < 4.78 is 38.2. The summed E-state index contributed by atoms with van der Waals surface area (Å²) in [5, 5.41) is 10.8. The predicted molar refractivity (Wildman–Crippen MR) is 96.2 cm³/mol. The van der Waals surface area contributed by atoms with E-state index < -0.39 is 16.1 Å². The Morgan fingerprint density at radius 2 is 1.81 bits per heavy atom. The lowest BCUT2D eigenvalue weighted by molar-refractivity contribution is -0.645. The molecule has 0 spiro atoms. The molecule has 0 amide bonds. The minimum absolute atomic E-state index is 0.185. The van der Waals surface area contributed by atoms with Gasteiger partial charge in [0.25, 0.3) is 10.1 Å². The molecule has 0 aliphatic heterocycles. The first-order chi connectivity index (χ1) is 12.3. The number of para-hydroxylation sites is 1. The van der Waals surface area contributed by atoms with Crippen LogP contribution in [-0.4, -0.2) is 36.9 Å². The van der Waals surface area contributed by atoms with Crippen LogP contribution in [0.2, 0.25) is 0 Å². The Bertz CT molecular complexity index is 1110. The molecule has 0 atom stereocenters. The third-order valence-corrected chi connectivity index (χ3v) is 5.03. The highest BCUT2D eigenvalue weighted by Crippen LogP contribution is 2.27. The number of hydrogen-bond acceptors (Lipinski definition) is 4. The van der Waals surface area contributed by atoms with Crippen molar-refractivity contribution in [2.45, 2.75) is 13.0 Å². The van der Waals surface area contributed by atoms with Gasteiger partial charge in [-0.05, 0) is 18.2 Å². The second-order valence-corrected chi connectivity index (χ2v) is 7.44. The lowest BCUT2D eigenvalue weighted by Crippen LogP contribution is -2.37. The molecule has 26 heavy (non-hydrogen) atoms. The van der Waals surface area contributed by atoms with Crippen molar-refractivity contribution in [2.24, 2.45) is 0 Å². The summed E-state index contributed by atoms with van der Waals surface area (Å²) in [6.07, 6.45) is 0.187. The number of benzene rings is 2. The van der Waals surface area contributed by atoms with E-state index in [9.17, 15) is 18.3 Å². The lowest BCUT2D eigenvalue weighted by atomic mass is 10.0. The summed E-state index contributed by atoms with van der Waals surface area (Å²) in [4.78, 5) is 11.9. The van der Waals surface area contributed by atoms with Crippen LogP contribution in [-0.2, 0) is 16.7 Å². The van der Waals surface area contributed by atoms with Crippen molar-refractivity contribution < 1.29 is 32.2 Å². The normalized spacial score (nSPS) is 11.8. The van der Waals surface area contributed by atoms with Gasteiger partial charge in [0.05, 0.1) is 35.3 Å². The van der Waals surface area contributed by atoms with Gasteiger partial charge in [-0.15, -0.1) is 0 Å². The molecule has 136 valence electrons. The molecule has 0 radical (unpaired) electrons. The quantitative estimate of drug-likeness (QED) is 0.388. The Kier molecular flexibility index (Phi) is 4.80. The van der Waals surface area contributed by atoms with Gasteiger partial charge in [-0.1, -0.05) is 12.1 Å². The van der Waals surface area contributed by atoms with E-state index in [2.05, 4.69) is 0 Å². The van der Waals surface area contributed by atoms with Crippen molar-refractivity contribution in [3.05, 3.63) is 48.0 Å². The Labute approximate surface area is 150 Å². The monoisotopic (exact) mass is 376 g/mol. The molecule has 0 aliphatic carbocycles. The number of methoxy groups -OCH3 is 1. The zero-order valence-electron chi connectivity index (χ0n) is 14.0. The van der Waals surface area contributed by atoms with E-state index >= 15 is 0 Å². The summed E-state index contributed by atoms with van der Waals surface area (Å²) in [5.74, 6) is -0.852. The molecule has 0 aliphatic rings. The summed E-state index contributed by atoms with van der Waals surface area (Å²) >= 11 is 0. The molecular weight excluding hydrogens is 358 g/mol. The Hall–Kier alpha value is -2.71. The van der Waals surface area contributed by atoms with E-state index in [0.717, 1.165) is 0 Å². The zero-order valence-corrected chi connectivity index (χ0v) is 14.9. The maximum atomic E-state index is 11.9. The molecule has 2 N–H and O–H groups in total. The van der Waals surface area contributed by atoms with Gasteiger partial charge in [0.2, 0.25) is 11.0 Å². The second kappa shape index (κ2) is 6.89. The summed E-state index contributed by atoms with van der Waals surface area (Å²) in [5.41, 5.74) is 1.47. The molecule has 0 fully saturated rings. The number of ether oxygens (including phenoxy) is 1. The third-order valence-electron chi connectivity index (χ3n) is 4.23. The number of carboxylic acid groups (broad SMARTS) is 1. The Balaban J connectivity index is 2.31. The maximum Gasteiger partial charge on any atom is 0.337 e. The predicted octanol–water partition coefficient (Wildman–Crippen LogP) is 2.27. The number of carbonyl (C=O) groups is 1. The van der Waals surface area contributed by atoms with Gasteiger partial charge in [0.15, 0.2) is 6.54 Å². The van der Waals surface area contributed by atoms with Gasteiger partial charge in [-0.3, -0.25) is 4.55 Å². The van der Waals surface area contributed by atoms with Crippen LogP contribution in [0.15, 0.2) is 42.5 Å². The smallest absolute Gasteiger partial charge is 0.337 e. The van der Waals surface area contributed by atoms with Crippen molar-refractivity contribution in [2.75, 3.05) is 12.9 Å². The van der Waals surface area contributed by atoms with Crippen LogP contribution < -0.4 is 9.30 Å². The molecule has 3 aromatic rings. The van der Waals surface area contributed by atoms with Crippen LogP contribution in [0.3, 0.4) is 0 Å². The average molecular weight is 376 g/mol. The van der Waals surface area contributed by atoms with Gasteiger partial charge >= 0.3 is 5.97 Å². The van der Waals surface area contributed by atoms with Crippen LogP contribution >= 0.6 is 0 Å². The zero-order chi connectivity index (χ0) is 18.9. The van der Waals surface area contributed by atoms with Gasteiger partial charge in [0, 0.05) is 12.5 Å². The first-order valence-corrected chi connectivity index (χ1v) is 9.53. The highest BCUT2D eigenvalue weighted by atomic mass is 32.2. The van der Waals surface area contributed by atoms with Crippen molar-refractivity contribution in [1.82, 2.24) is 0 Å². The molecule has 0 saturated carbocycles. The topological polar surface area (TPSA) is 105 Å². The SMILES string of the molecule is COc1ccc2c(C(=O)O)c3ccccc3[n+](CCCS(=O)(=O)O)c2c1. The molecule has 0 saturated heterocycles. The van der Waals surface area contributed by atoms with Crippen LogP contribution in [0.4, 0.5) is 0 Å². The highest BCUT2D eigenvalue weighted by Gasteiger charge is 2.24. The van der Waals surface area contributed by atoms with E-state index in [0.29, 0.717) is 34.1 Å². The molecular formula is C18H18NO6S+. The Morgan fingerprint density at radius 3 is 2.46 bits per heavy atom. The summed E-state index contributed by atoms with van der Waals surface area (Å²) in [6, 6.07) is 12.2. The van der Waals surface area contributed by atoms with Crippen molar-refractivity contribution in [3.8, 4) is 5.75 Å². The highest BCUT2D eigenvalue weighted by molar-refractivity contribution is 7.85. The number of aromatic carboxylic acids is 1. The van der Waals surface area contributed by atoms with E-state index in [1.165, 1.54) is 7.11 Å². The average Bonchev–Trinajstić information content (AvgIpc) is 2.59. The van der Waals surface area contributed by atoms with E-state index in [4.69, 9.17) is 9.29 Å². The Morgan fingerprint density at radius 1 is 1.12 bits per heavy atom. The van der Waals surface area contributed by atoms with Gasteiger partial charge in [-0.2, -0.15) is 13.0 Å².